The zero-order valence-corrected chi connectivity index (χ0v) is 14.7. The van der Waals surface area contributed by atoms with Gasteiger partial charge in [-0.05, 0) is 12.5 Å². The first-order valence-electron chi connectivity index (χ1n) is 7.20. The van der Waals surface area contributed by atoms with E-state index in [-0.39, 0.29) is 5.91 Å². The number of hydrogen-bond acceptors (Lipinski definition) is 8. The SMILES string of the molecule is COC(=O)C(c1ccccc1)N1C(=O)C(N)C1Sc1nnc(C)s1. The smallest absolute Gasteiger partial charge is 0.333 e. The van der Waals surface area contributed by atoms with Crippen LogP contribution < -0.4 is 5.73 Å². The van der Waals surface area contributed by atoms with Crippen LogP contribution in [0, 0.1) is 6.92 Å². The molecule has 1 aromatic heterocycles. The molecule has 126 valence electrons. The second-order valence-electron chi connectivity index (χ2n) is 5.20. The number of ether oxygens (including phenoxy) is 1. The van der Waals surface area contributed by atoms with E-state index in [0.717, 1.165) is 5.01 Å². The number of methoxy groups -OCH3 is 1. The minimum Gasteiger partial charge on any atom is -0.467 e. The van der Waals surface area contributed by atoms with Crippen LogP contribution in [-0.2, 0) is 14.3 Å². The van der Waals surface area contributed by atoms with Crippen molar-refractivity contribution >= 4 is 35.0 Å². The Morgan fingerprint density at radius 1 is 1.38 bits per heavy atom. The number of hydrogen-bond donors (Lipinski definition) is 1. The molecule has 2 N–H and O–H groups in total. The molecule has 1 aromatic carbocycles. The van der Waals surface area contributed by atoms with Crippen molar-refractivity contribution in [2.45, 2.75) is 28.7 Å². The van der Waals surface area contributed by atoms with E-state index < -0.39 is 23.4 Å². The van der Waals surface area contributed by atoms with Gasteiger partial charge >= 0.3 is 5.97 Å². The molecule has 0 spiro atoms. The standard InChI is InChI=1S/C15H16N4O3S2/c1-8-17-18-15(23-8)24-13-10(16)12(20)19(13)11(14(21)22-2)9-6-4-3-5-7-9/h3-7,10-11,13H,16H2,1-2H3. The Bertz CT molecular complexity index is 752. The summed E-state index contributed by atoms with van der Waals surface area (Å²) in [5.41, 5.74) is 6.64. The lowest BCUT2D eigenvalue weighted by Gasteiger charge is -2.47. The van der Waals surface area contributed by atoms with E-state index in [1.165, 1.54) is 35.1 Å². The molecule has 1 amide bonds. The summed E-state index contributed by atoms with van der Waals surface area (Å²) < 4.78 is 5.61. The Kier molecular flexibility index (Phi) is 4.83. The van der Waals surface area contributed by atoms with Crippen molar-refractivity contribution in [1.29, 1.82) is 0 Å². The Morgan fingerprint density at radius 3 is 2.67 bits per heavy atom. The molecule has 3 unspecified atom stereocenters. The topological polar surface area (TPSA) is 98.4 Å². The van der Waals surface area contributed by atoms with Crippen molar-refractivity contribution in [3.63, 3.8) is 0 Å². The summed E-state index contributed by atoms with van der Waals surface area (Å²) in [7, 11) is 1.30. The highest BCUT2D eigenvalue weighted by atomic mass is 32.2. The largest absolute Gasteiger partial charge is 0.467 e. The maximum atomic E-state index is 12.3. The van der Waals surface area contributed by atoms with E-state index >= 15 is 0 Å². The molecule has 24 heavy (non-hydrogen) atoms. The van der Waals surface area contributed by atoms with E-state index in [2.05, 4.69) is 10.2 Å². The summed E-state index contributed by atoms with van der Waals surface area (Å²) in [4.78, 5) is 26.1. The molecule has 1 fully saturated rings. The molecular weight excluding hydrogens is 348 g/mol. The lowest BCUT2D eigenvalue weighted by atomic mass is 9.98. The molecule has 2 heterocycles. The number of likely N-dealkylation sites (tertiary alicyclic amines) is 1. The average Bonchev–Trinajstić information content (AvgIpc) is 3.03. The zero-order valence-electron chi connectivity index (χ0n) is 13.1. The summed E-state index contributed by atoms with van der Waals surface area (Å²) in [6.45, 7) is 1.85. The molecule has 0 bridgehead atoms. The van der Waals surface area contributed by atoms with Gasteiger partial charge in [0.05, 0.1) is 7.11 Å². The number of amides is 1. The molecule has 0 radical (unpaired) electrons. The zero-order chi connectivity index (χ0) is 17.3. The van der Waals surface area contributed by atoms with Crippen LogP contribution >= 0.6 is 23.1 Å². The van der Waals surface area contributed by atoms with E-state index in [1.54, 1.807) is 12.1 Å². The lowest BCUT2D eigenvalue weighted by Crippen LogP contribution is -2.68. The molecular formula is C15H16N4O3S2. The quantitative estimate of drug-likeness (QED) is 0.631. The third-order valence-corrected chi connectivity index (χ3v) is 5.89. The van der Waals surface area contributed by atoms with Crippen LogP contribution in [0.3, 0.4) is 0 Å². The van der Waals surface area contributed by atoms with Crippen LogP contribution in [0.1, 0.15) is 16.6 Å². The summed E-state index contributed by atoms with van der Waals surface area (Å²) >= 11 is 2.76. The van der Waals surface area contributed by atoms with Crippen molar-refractivity contribution in [3.05, 3.63) is 40.9 Å². The van der Waals surface area contributed by atoms with Crippen LogP contribution in [0.25, 0.3) is 0 Å². The lowest BCUT2D eigenvalue weighted by molar-refractivity contribution is -0.162. The van der Waals surface area contributed by atoms with E-state index in [4.69, 9.17) is 10.5 Å². The minimum absolute atomic E-state index is 0.284. The van der Waals surface area contributed by atoms with Crippen LogP contribution in [0.15, 0.2) is 34.7 Å². The molecule has 7 nitrogen and oxygen atoms in total. The van der Waals surface area contributed by atoms with Crippen molar-refractivity contribution in [1.82, 2.24) is 15.1 Å². The van der Waals surface area contributed by atoms with Gasteiger partial charge in [0.2, 0.25) is 5.91 Å². The van der Waals surface area contributed by atoms with Gasteiger partial charge in [0.1, 0.15) is 16.4 Å². The van der Waals surface area contributed by atoms with Crippen molar-refractivity contribution in [2.24, 2.45) is 5.73 Å². The summed E-state index contributed by atoms with van der Waals surface area (Å²) in [6, 6.07) is 7.53. The second kappa shape index (κ2) is 6.88. The van der Waals surface area contributed by atoms with Crippen LogP contribution in [-0.4, -0.2) is 45.5 Å². The first kappa shape index (κ1) is 16.9. The van der Waals surface area contributed by atoms with E-state index in [0.29, 0.717) is 9.90 Å². The van der Waals surface area contributed by atoms with Crippen LogP contribution in [0.5, 0.6) is 0 Å². The van der Waals surface area contributed by atoms with Gasteiger partial charge in [0.15, 0.2) is 10.4 Å². The van der Waals surface area contributed by atoms with Crippen molar-refractivity contribution < 1.29 is 14.3 Å². The normalized spacial score (nSPS) is 21.3. The molecule has 1 aliphatic heterocycles. The highest BCUT2D eigenvalue weighted by Gasteiger charge is 2.52. The van der Waals surface area contributed by atoms with Gasteiger partial charge in [0, 0.05) is 0 Å². The van der Waals surface area contributed by atoms with E-state index in [1.807, 2.05) is 25.1 Å². The molecule has 3 atom stereocenters. The fraction of sp³-hybridized carbons (Fsp3) is 0.333. The fourth-order valence-electron chi connectivity index (χ4n) is 2.50. The number of carbonyl (C=O) groups excluding carboxylic acids is 2. The number of aryl methyl sites for hydroxylation is 1. The number of aromatic nitrogens is 2. The van der Waals surface area contributed by atoms with E-state index in [9.17, 15) is 9.59 Å². The molecule has 1 aliphatic rings. The molecule has 9 heteroatoms. The number of nitrogens with zero attached hydrogens (tertiary/aromatic N) is 3. The number of rotatable bonds is 5. The maximum Gasteiger partial charge on any atom is 0.333 e. The molecule has 2 aromatic rings. The Morgan fingerprint density at radius 2 is 2.08 bits per heavy atom. The minimum atomic E-state index is -0.824. The van der Waals surface area contributed by atoms with Gasteiger partial charge < -0.3 is 15.4 Å². The fourth-order valence-corrected chi connectivity index (χ4v) is 4.66. The Balaban J connectivity index is 1.90. The van der Waals surface area contributed by atoms with Crippen molar-refractivity contribution in [2.75, 3.05) is 7.11 Å². The second-order valence-corrected chi connectivity index (χ2v) is 7.75. The summed E-state index contributed by atoms with van der Waals surface area (Å²) in [6.07, 6.45) is 0. The van der Waals surface area contributed by atoms with Gasteiger partial charge in [0.25, 0.3) is 0 Å². The van der Waals surface area contributed by atoms with Gasteiger partial charge in [-0.15, -0.1) is 10.2 Å². The number of β-lactam (4-membered cyclic amide) rings is 1. The molecule has 3 rings (SSSR count). The molecule has 0 aliphatic carbocycles. The highest BCUT2D eigenvalue weighted by Crippen LogP contribution is 2.41. The third-order valence-electron chi connectivity index (χ3n) is 3.67. The first-order valence-corrected chi connectivity index (χ1v) is 8.90. The van der Waals surface area contributed by atoms with Crippen LogP contribution in [0.2, 0.25) is 0 Å². The Labute approximate surface area is 147 Å². The monoisotopic (exact) mass is 364 g/mol. The van der Waals surface area contributed by atoms with Crippen molar-refractivity contribution in [3.8, 4) is 0 Å². The number of benzene rings is 1. The maximum absolute atomic E-state index is 12.3. The van der Waals surface area contributed by atoms with Gasteiger partial charge in [-0.25, -0.2) is 4.79 Å². The third kappa shape index (κ3) is 3.02. The van der Waals surface area contributed by atoms with Crippen LogP contribution in [0.4, 0.5) is 0 Å². The molecule has 0 saturated carbocycles. The average molecular weight is 364 g/mol. The summed E-state index contributed by atoms with van der Waals surface area (Å²) in [5, 5.41) is 8.45. The summed E-state index contributed by atoms with van der Waals surface area (Å²) in [5.74, 6) is -0.784. The highest BCUT2D eigenvalue weighted by molar-refractivity contribution is 8.01. The Hall–Kier alpha value is -1.97. The number of carbonyl (C=O) groups is 2. The first-order chi connectivity index (χ1) is 11.5. The number of thioether (sulfide) groups is 1. The number of esters is 1. The van der Waals surface area contributed by atoms with Gasteiger partial charge in [-0.3, -0.25) is 4.79 Å². The molecule has 1 saturated heterocycles. The van der Waals surface area contributed by atoms with Gasteiger partial charge in [-0.1, -0.05) is 53.4 Å². The predicted octanol–water partition coefficient (Wildman–Crippen LogP) is 1.35. The van der Waals surface area contributed by atoms with Gasteiger partial charge in [-0.2, -0.15) is 0 Å². The predicted molar refractivity (Wildman–Crippen MR) is 90.3 cm³/mol. The number of nitrogens with two attached hydrogens (primary N) is 1.